The van der Waals surface area contributed by atoms with Crippen LogP contribution in [0, 0.1) is 0 Å². The van der Waals surface area contributed by atoms with Gasteiger partial charge in [0.1, 0.15) is 5.52 Å². The predicted octanol–water partition coefficient (Wildman–Crippen LogP) is 3.21. The first-order valence-electron chi connectivity index (χ1n) is 9.38. The van der Waals surface area contributed by atoms with Crippen LogP contribution in [0.25, 0.3) is 11.1 Å². The van der Waals surface area contributed by atoms with Crippen LogP contribution in [0.15, 0.2) is 46.9 Å². The number of para-hydroxylation sites is 2. The van der Waals surface area contributed by atoms with Crippen molar-refractivity contribution in [3.63, 3.8) is 0 Å². The van der Waals surface area contributed by atoms with Gasteiger partial charge in [0.2, 0.25) is 0 Å². The SMILES string of the molecule is O=C(c1cccc2c1COC2)N1CCCN(c2nc3ccccc3o2)CC1. The molecule has 2 aromatic carbocycles. The number of ether oxygens (including phenoxy) is 1. The number of fused-ring (bicyclic) bond motifs is 2. The molecule has 0 aliphatic carbocycles. The normalized spacial score (nSPS) is 17.2. The maximum atomic E-state index is 13.1. The molecule has 1 aromatic heterocycles. The van der Waals surface area contributed by atoms with Crippen LogP contribution in [0.1, 0.15) is 27.9 Å². The molecule has 27 heavy (non-hydrogen) atoms. The fourth-order valence-corrected chi connectivity index (χ4v) is 3.88. The van der Waals surface area contributed by atoms with E-state index in [9.17, 15) is 4.79 Å². The molecular formula is C21H21N3O3. The van der Waals surface area contributed by atoms with Gasteiger partial charge in [0, 0.05) is 31.7 Å². The lowest BCUT2D eigenvalue weighted by atomic mass is 10.0. The fraction of sp³-hybridized carbons (Fsp3) is 0.333. The molecule has 3 heterocycles. The smallest absolute Gasteiger partial charge is 0.298 e. The van der Waals surface area contributed by atoms with Crippen LogP contribution in [0.5, 0.6) is 0 Å². The molecule has 2 aliphatic heterocycles. The van der Waals surface area contributed by atoms with Gasteiger partial charge in [-0.2, -0.15) is 4.98 Å². The Balaban J connectivity index is 1.34. The van der Waals surface area contributed by atoms with Crippen LogP contribution < -0.4 is 4.90 Å². The second-order valence-electron chi connectivity index (χ2n) is 7.03. The first-order valence-corrected chi connectivity index (χ1v) is 9.38. The summed E-state index contributed by atoms with van der Waals surface area (Å²) in [6.45, 7) is 4.06. The van der Waals surface area contributed by atoms with Crippen molar-refractivity contribution in [1.82, 2.24) is 9.88 Å². The van der Waals surface area contributed by atoms with E-state index in [2.05, 4.69) is 9.88 Å². The second-order valence-corrected chi connectivity index (χ2v) is 7.03. The summed E-state index contributed by atoms with van der Waals surface area (Å²) in [5.41, 5.74) is 4.61. The molecule has 3 aromatic rings. The zero-order chi connectivity index (χ0) is 18.2. The van der Waals surface area contributed by atoms with E-state index in [0.717, 1.165) is 47.3 Å². The van der Waals surface area contributed by atoms with Crippen LogP contribution >= 0.6 is 0 Å². The summed E-state index contributed by atoms with van der Waals surface area (Å²) in [7, 11) is 0. The molecule has 1 amide bonds. The number of carbonyl (C=O) groups is 1. The maximum Gasteiger partial charge on any atom is 0.298 e. The van der Waals surface area contributed by atoms with Crippen molar-refractivity contribution in [1.29, 1.82) is 0 Å². The van der Waals surface area contributed by atoms with Gasteiger partial charge < -0.3 is 19.0 Å². The molecule has 0 radical (unpaired) electrons. The van der Waals surface area contributed by atoms with Crippen molar-refractivity contribution in [3.05, 3.63) is 59.2 Å². The number of benzene rings is 2. The molecule has 0 spiro atoms. The standard InChI is InChI=1S/C21H21N3O3/c25-20(16-6-3-5-15-13-26-14-17(15)16)23-9-4-10-24(12-11-23)21-22-18-7-1-2-8-19(18)27-21/h1-3,5-8H,4,9-14H2. The summed E-state index contributed by atoms with van der Waals surface area (Å²) in [6.07, 6.45) is 0.885. The Hall–Kier alpha value is -2.86. The fourth-order valence-electron chi connectivity index (χ4n) is 3.88. The van der Waals surface area contributed by atoms with Crippen LogP contribution in [0.2, 0.25) is 0 Å². The first kappa shape index (κ1) is 16.3. The topological polar surface area (TPSA) is 58.8 Å². The van der Waals surface area contributed by atoms with Crippen molar-refractivity contribution >= 4 is 23.0 Å². The van der Waals surface area contributed by atoms with Gasteiger partial charge in [-0.1, -0.05) is 24.3 Å². The summed E-state index contributed by atoms with van der Waals surface area (Å²) in [5, 5.41) is 0. The van der Waals surface area contributed by atoms with Gasteiger partial charge in [-0.3, -0.25) is 4.79 Å². The highest BCUT2D eigenvalue weighted by atomic mass is 16.5. The molecule has 0 N–H and O–H groups in total. The third kappa shape index (κ3) is 2.96. The molecule has 0 atom stereocenters. The molecule has 2 aliphatic rings. The second kappa shape index (κ2) is 6.70. The summed E-state index contributed by atoms with van der Waals surface area (Å²) >= 11 is 0. The number of oxazole rings is 1. The Kier molecular flexibility index (Phi) is 4.05. The molecule has 0 unspecified atom stereocenters. The average molecular weight is 363 g/mol. The van der Waals surface area contributed by atoms with E-state index < -0.39 is 0 Å². The molecule has 138 valence electrons. The van der Waals surface area contributed by atoms with Crippen molar-refractivity contribution in [2.45, 2.75) is 19.6 Å². The number of amides is 1. The van der Waals surface area contributed by atoms with E-state index in [-0.39, 0.29) is 5.91 Å². The highest BCUT2D eigenvalue weighted by Crippen LogP contribution is 2.26. The van der Waals surface area contributed by atoms with Crippen LogP contribution in [0.4, 0.5) is 6.01 Å². The lowest BCUT2D eigenvalue weighted by Gasteiger charge is -2.22. The van der Waals surface area contributed by atoms with Gasteiger partial charge >= 0.3 is 0 Å². The number of nitrogens with zero attached hydrogens (tertiary/aromatic N) is 3. The average Bonchev–Trinajstić information content (AvgIpc) is 3.28. The third-order valence-corrected chi connectivity index (χ3v) is 5.34. The van der Waals surface area contributed by atoms with E-state index in [0.29, 0.717) is 32.3 Å². The third-order valence-electron chi connectivity index (χ3n) is 5.34. The Labute approximate surface area is 157 Å². The molecule has 6 nitrogen and oxygen atoms in total. The van der Waals surface area contributed by atoms with Crippen LogP contribution in [0.3, 0.4) is 0 Å². The van der Waals surface area contributed by atoms with Crippen molar-refractivity contribution in [2.75, 3.05) is 31.1 Å². The summed E-state index contributed by atoms with van der Waals surface area (Å²) in [4.78, 5) is 21.8. The molecule has 1 fully saturated rings. The van der Waals surface area contributed by atoms with E-state index in [1.54, 1.807) is 0 Å². The molecule has 0 bridgehead atoms. The van der Waals surface area contributed by atoms with Gasteiger partial charge in [0.05, 0.1) is 13.2 Å². The molecule has 6 heteroatoms. The molecule has 5 rings (SSSR count). The number of carbonyl (C=O) groups excluding carboxylic acids is 1. The van der Waals surface area contributed by atoms with E-state index >= 15 is 0 Å². The number of rotatable bonds is 2. The Morgan fingerprint density at radius 3 is 2.81 bits per heavy atom. The maximum absolute atomic E-state index is 13.1. The lowest BCUT2D eigenvalue weighted by Crippen LogP contribution is -2.35. The van der Waals surface area contributed by atoms with Gasteiger partial charge in [0.25, 0.3) is 11.9 Å². The molecule has 0 saturated carbocycles. The lowest BCUT2D eigenvalue weighted by molar-refractivity contribution is 0.0762. The number of hydrogen-bond donors (Lipinski definition) is 0. The summed E-state index contributed by atoms with van der Waals surface area (Å²) in [5.74, 6) is 0.0942. The highest BCUT2D eigenvalue weighted by molar-refractivity contribution is 5.96. The van der Waals surface area contributed by atoms with Crippen LogP contribution in [-0.2, 0) is 18.0 Å². The predicted molar refractivity (Wildman–Crippen MR) is 102 cm³/mol. The van der Waals surface area contributed by atoms with Crippen molar-refractivity contribution < 1.29 is 13.9 Å². The largest absolute Gasteiger partial charge is 0.423 e. The van der Waals surface area contributed by atoms with Gasteiger partial charge in [-0.15, -0.1) is 0 Å². The van der Waals surface area contributed by atoms with Gasteiger partial charge in [-0.25, -0.2) is 0 Å². The molecular weight excluding hydrogens is 342 g/mol. The monoisotopic (exact) mass is 363 g/mol. The minimum absolute atomic E-state index is 0.0942. The summed E-state index contributed by atoms with van der Waals surface area (Å²) < 4.78 is 11.4. The highest BCUT2D eigenvalue weighted by Gasteiger charge is 2.26. The number of anilines is 1. The Morgan fingerprint density at radius 1 is 0.963 bits per heavy atom. The van der Waals surface area contributed by atoms with E-state index in [4.69, 9.17) is 9.15 Å². The summed E-state index contributed by atoms with van der Waals surface area (Å²) in [6, 6.07) is 14.3. The zero-order valence-electron chi connectivity index (χ0n) is 15.1. The quantitative estimate of drug-likeness (QED) is 0.700. The first-order chi connectivity index (χ1) is 13.3. The zero-order valence-corrected chi connectivity index (χ0v) is 15.1. The minimum Gasteiger partial charge on any atom is -0.423 e. The number of aromatic nitrogens is 1. The molecule has 1 saturated heterocycles. The Morgan fingerprint density at radius 2 is 1.89 bits per heavy atom. The van der Waals surface area contributed by atoms with Crippen molar-refractivity contribution in [3.8, 4) is 0 Å². The van der Waals surface area contributed by atoms with Gasteiger partial charge in [-0.05, 0) is 35.7 Å². The minimum atomic E-state index is 0.0942. The van der Waals surface area contributed by atoms with Crippen molar-refractivity contribution in [2.24, 2.45) is 0 Å². The van der Waals surface area contributed by atoms with E-state index in [1.807, 2.05) is 47.4 Å². The Bertz CT molecular complexity index is 964. The number of hydrogen-bond acceptors (Lipinski definition) is 5. The van der Waals surface area contributed by atoms with Crippen LogP contribution in [-0.4, -0.2) is 42.0 Å². The van der Waals surface area contributed by atoms with Gasteiger partial charge in [0.15, 0.2) is 5.58 Å². The van der Waals surface area contributed by atoms with E-state index in [1.165, 1.54) is 0 Å².